The van der Waals surface area contributed by atoms with Crippen molar-refractivity contribution in [2.24, 2.45) is 5.92 Å². The summed E-state index contributed by atoms with van der Waals surface area (Å²) in [7, 11) is 0. The molecule has 7 heteroatoms. The van der Waals surface area contributed by atoms with Gasteiger partial charge in [-0.25, -0.2) is 4.79 Å². The van der Waals surface area contributed by atoms with E-state index in [9.17, 15) is 14.4 Å². The van der Waals surface area contributed by atoms with Crippen LogP contribution in [0.1, 0.15) is 37.8 Å². The summed E-state index contributed by atoms with van der Waals surface area (Å²) in [6.45, 7) is 8.34. The Morgan fingerprint density at radius 3 is 2.70 bits per heavy atom. The number of carbonyl (C=O) groups excluding carboxylic acids is 3. The highest BCUT2D eigenvalue weighted by Gasteiger charge is 2.47. The van der Waals surface area contributed by atoms with E-state index in [0.717, 1.165) is 23.2 Å². The molecule has 2 aliphatic rings. The molecule has 2 aliphatic heterocycles. The van der Waals surface area contributed by atoms with Gasteiger partial charge < -0.3 is 20.9 Å². The van der Waals surface area contributed by atoms with Gasteiger partial charge in [0, 0.05) is 12.2 Å². The summed E-state index contributed by atoms with van der Waals surface area (Å²) in [5, 5.41) is 8.57. The summed E-state index contributed by atoms with van der Waals surface area (Å²) in [6.07, 6.45) is 1.25. The molecule has 2 saturated heterocycles. The minimum absolute atomic E-state index is 0.0483. The molecule has 3 rings (SSSR count). The lowest BCUT2D eigenvalue weighted by molar-refractivity contribution is -0.148. The largest absolute Gasteiger partial charge is 0.342 e. The number of carbonyl (C=O) groups is 3. The summed E-state index contributed by atoms with van der Waals surface area (Å²) in [6, 6.07) is 4.19. The molecular weight excluding hydrogens is 344 g/mol. The van der Waals surface area contributed by atoms with E-state index < -0.39 is 12.1 Å². The molecule has 27 heavy (non-hydrogen) atoms. The fourth-order valence-corrected chi connectivity index (χ4v) is 3.72. The third-order valence-corrected chi connectivity index (χ3v) is 5.76. The van der Waals surface area contributed by atoms with Crippen LogP contribution in [0.2, 0.25) is 0 Å². The van der Waals surface area contributed by atoms with Crippen LogP contribution in [0.3, 0.4) is 0 Å². The molecule has 4 atom stereocenters. The lowest BCUT2D eigenvalue weighted by atomic mass is 9.95. The SMILES string of the molecule is CC[C@H](C)[C@@H]1NC(=O)[C@@H]2C[C@H](NC(=O)Nc3ccc(C)c(C)c3)CN2C1=O. The van der Waals surface area contributed by atoms with Crippen molar-refractivity contribution >= 4 is 23.5 Å². The van der Waals surface area contributed by atoms with Crippen molar-refractivity contribution < 1.29 is 14.4 Å². The first-order chi connectivity index (χ1) is 12.8. The molecule has 0 spiro atoms. The van der Waals surface area contributed by atoms with E-state index >= 15 is 0 Å². The van der Waals surface area contributed by atoms with E-state index in [1.807, 2.05) is 45.9 Å². The number of anilines is 1. The molecule has 2 heterocycles. The van der Waals surface area contributed by atoms with Crippen molar-refractivity contribution in [3.8, 4) is 0 Å². The molecule has 146 valence electrons. The van der Waals surface area contributed by atoms with Crippen LogP contribution in [0.5, 0.6) is 0 Å². The number of urea groups is 1. The predicted molar refractivity (Wildman–Crippen MR) is 103 cm³/mol. The first-order valence-electron chi connectivity index (χ1n) is 9.55. The molecule has 0 aromatic heterocycles. The second-order valence-corrected chi connectivity index (χ2v) is 7.71. The highest BCUT2D eigenvalue weighted by molar-refractivity contribution is 5.98. The highest BCUT2D eigenvalue weighted by Crippen LogP contribution is 2.26. The van der Waals surface area contributed by atoms with Gasteiger partial charge in [-0.3, -0.25) is 9.59 Å². The summed E-state index contributed by atoms with van der Waals surface area (Å²) >= 11 is 0. The third kappa shape index (κ3) is 3.91. The van der Waals surface area contributed by atoms with Crippen molar-refractivity contribution in [1.29, 1.82) is 0 Å². The van der Waals surface area contributed by atoms with E-state index in [1.54, 1.807) is 4.90 Å². The van der Waals surface area contributed by atoms with Gasteiger partial charge in [0.1, 0.15) is 12.1 Å². The fourth-order valence-electron chi connectivity index (χ4n) is 3.72. The van der Waals surface area contributed by atoms with Gasteiger partial charge in [-0.2, -0.15) is 0 Å². The molecule has 3 N–H and O–H groups in total. The van der Waals surface area contributed by atoms with Gasteiger partial charge in [0.15, 0.2) is 0 Å². The first kappa shape index (κ1) is 19.2. The number of hydrogen-bond acceptors (Lipinski definition) is 3. The molecule has 0 unspecified atom stereocenters. The molecular formula is C20H28N4O3. The summed E-state index contributed by atoms with van der Waals surface area (Å²) in [4.78, 5) is 39.1. The fraction of sp³-hybridized carbons (Fsp3) is 0.550. The standard InChI is InChI=1S/C20H28N4O3/c1-5-11(2)17-19(26)24-10-15(9-16(24)18(25)23-17)22-20(27)21-14-7-6-12(3)13(4)8-14/h6-8,11,15-17H,5,9-10H2,1-4H3,(H,23,25)(H2,21,22,27)/t11-,15-,16-,17-/m0/s1. The topological polar surface area (TPSA) is 90.5 Å². The van der Waals surface area contributed by atoms with E-state index in [4.69, 9.17) is 0 Å². The molecule has 0 saturated carbocycles. The van der Waals surface area contributed by atoms with Gasteiger partial charge in [-0.05, 0) is 49.4 Å². The average Bonchev–Trinajstić information content (AvgIpc) is 3.05. The van der Waals surface area contributed by atoms with Gasteiger partial charge in [0.05, 0.1) is 6.04 Å². The number of fused-ring (bicyclic) bond motifs is 1. The summed E-state index contributed by atoms with van der Waals surface area (Å²) in [5.41, 5.74) is 2.98. The van der Waals surface area contributed by atoms with E-state index in [-0.39, 0.29) is 29.8 Å². The van der Waals surface area contributed by atoms with Crippen molar-refractivity contribution in [2.45, 2.75) is 58.7 Å². The average molecular weight is 372 g/mol. The molecule has 1 aromatic carbocycles. The maximum absolute atomic E-state index is 12.7. The van der Waals surface area contributed by atoms with Crippen LogP contribution in [-0.2, 0) is 9.59 Å². The number of amides is 4. The number of rotatable bonds is 4. The smallest absolute Gasteiger partial charge is 0.319 e. The summed E-state index contributed by atoms with van der Waals surface area (Å²) < 4.78 is 0. The predicted octanol–water partition coefficient (Wildman–Crippen LogP) is 1.94. The monoisotopic (exact) mass is 372 g/mol. The Morgan fingerprint density at radius 2 is 2.04 bits per heavy atom. The Morgan fingerprint density at radius 1 is 1.30 bits per heavy atom. The van der Waals surface area contributed by atoms with Crippen molar-refractivity contribution in [2.75, 3.05) is 11.9 Å². The second-order valence-electron chi connectivity index (χ2n) is 7.71. The molecule has 0 bridgehead atoms. The van der Waals surface area contributed by atoms with Crippen LogP contribution in [0.15, 0.2) is 18.2 Å². The number of benzene rings is 1. The Kier molecular flexibility index (Phi) is 5.39. The minimum atomic E-state index is -0.496. The zero-order valence-corrected chi connectivity index (χ0v) is 16.3. The number of piperazine rings is 1. The van der Waals surface area contributed by atoms with Crippen molar-refractivity contribution in [1.82, 2.24) is 15.5 Å². The summed E-state index contributed by atoms with van der Waals surface area (Å²) in [5.74, 6) is -0.0888. The molecule has 2 fully saturated rings. The normalized spacial score (nSPS) is 25.6. The van der Waals surface area contributed by atoms with Crippen LogP contribution in [0.25, 0.3) is 0 Å². The van der Waals surface area contributed by atoms with Gasteiger partial charge >= 0.3 is 6.03 Å². The van der Waals surface area contributed by atoms with Gasteiger partial charge in [0.2, 0.25) is 11.8 Å². The Balaban J connectivity index is 1.61. The number of nitrogens with one attached hydrogen (secondary N) is 3. The maximum Gasteiger partial charge on any atom is 0.319 e. The number of hydrogen-bond donors (Lipinski definition) is 3. The number of nitrogens with zero attached hydrogens (tertiary/aromatic N) is 1. The lowest BCUT2D eigenvalue weighted by Crippen LogP contribution is -2.62. The van der Waals surface area contributed by atoms with Crippen LogP contribution in [0.4, 0.5) is 10.5 Å². The van der Waals surface area contributed by atoms with Crippen molar-refractivity contribution in [3.63, 3.8) is 0 Å². The van der Waals surface area contributed by atoms with Crippen LogP contribution < -0.4 is 16.0 Å². The molecule has 7 nitrogen and oxygen atoms in total. The van der Waals surface area contributed by atoms with Gasteiger partial charge in [0.25, 0.3) is 0 Å². The van der Waals surface area contributed by atoms with Crippen LogP contribution >= 0.6 is 0 Å². The first-order valence-corrected chi connectivity index (χ1v) is 9.55. The van der Waals surface area contributed by atoms with E-state index in [1.165, 1.54) is 0 Å². The van der Waals surface area contributed by atoms with Crippen LogP contribution in [-0.4, -0.2) is 47.4 Å². The third-order valence-electron chi connectivity index (χ3n) is 5.76. The molecule has 4 amide bonds. The van der Waals surface area contributed by atoms with Crippen molar-refractivity contribution in [3.05, 3.63) is 29.3 Å². The zero-order valence-electron chi connectivity index (χ0n) is 16.3. The molecule has 0 aliphatic carbocycles. The van der Waals surface area contributed by atoms with Gasteiger partial charge in [-0.15, -0.1) is 0 Å². The number of aryl methyl sites for hydroxylation is 2. The highest BCUT2D eigenvalue weighted by atomic mass is 16.2. The second kappa shape index (κ2) is 7.58. The maximum atomic E-state index is 12.7. The quantitative estimate of drug-likeness (QED) is 0.754. The lowest BCUT2D eigenvalue weighted by Gasteiger charge is -2.36. The minimum Gasteiger partial charge on any atom is -0.342 e. The van der Waals surface area contributed by atoms with Crippen LogP contribution in [0, 0.1) is 19.8 Å². The Hall–Kier alpha value is -2.57. The Labute approximate surface area is 159 Å². The molecule has 1 aromatic rings. The Bertz CT molecular complexity index is 764. The molecule has 0 radical (unpaired) electrons. The van der Waals surface area contributed by atoms with Gasteiger partial charge in [-0.1, -0.05) is 26.3 Å². The van der Waals surface area contributed by atoms with E-state index in [2.05, 4.69) is 16.0 Å². The zero-order chi connectivity index (χ0) is 19.7. The van der Waals surface area contributed by atoms with E-state index in [0.29, 0.717) is 13.0 Å².